The van der Waals surface area contributed by atoms with Crippen molar-refractivity contribution in [2.75, 3.05) is 50.0 Å². The highest BCUT2D eigenvalue weighted by Crippen LogP contribution is 2.32. The standard InChI is InChI=1S/C26H33N3O2S2.ClH/c1-20-18-21(2)25-23(19-20)27-26(33-25)29(12-7-11-28-13-15-31-16-14-28)24(30)10-6-17-32-22-8-4-3-5-9-22;/h3-5,8-9,18-19H,6-7,10-17H2,1-2H3;1H. The Bertz CT molecular complexity index is 1050. The maximum absolute atomic E-state index is 13.3. The number of aromatic nitrogens is 1. The third-order valence-corrected chi connectivity index (χ3v) is 8.18. The highest BCUT2D eigenvalue weighted by Gasteiger charge is 2.21. The number of rotatable bonds is 10. The van der Waals surface area contributed by atoms with Gasteiger partial charge in [-0.3, -0.25) is 14.6 Å². The molecule has 3 aromatic rings. The molecule has 184 valence electrons. The fourth-order valence-electron chi connectivity index (χ4n) is 4.15. The van der Waals surface area contributed by atoms with Crippen molar-refractivity contribution in [3.05, 3.63) is 53.6 Å². The van der Waals surface area contributed by atoms with Crippen molar-refractivity contribution in [2.24, 2.45) is 0 Å². The first-order valence-electron chi connectivity index (χ1n) is 11.8. The van der Waals surface area contributed by atoms with Crippen LogP contribution in [0, 0.1) is 13.8 Å². The molecule has 8 heteroatoms. The minimum atomic E-state index is 0. The summed E-state index contributed by atoms with van der Waals surface area (Å²) in [6.45, 7) is 9.48. The van der Waals surface area contributed by atoms with Gasteiger partial charge in [-0.1, -0.05) is 35.6 Å². The van der Waals surface area contributed by atoms with Crippen LogP contribution in [0.3, 0.4) is 0 Å². The van der Waals surface area contributed by atoms with E-state index >= 15 is 0 Å². The molecule has 0 unspecified atom stereocenters. The van der Waals surface area contributed by atoms with Gasteiger partial charge >= 0.3 is 0 Å². The van der Waals surface area contributed by atoms with E-state index in [0.29, 0.717) is 13.0 Å². The number of ether oxygens (including phenoxy) is 1. The second-order valence-electron chi connectivity index (χ2n) is 8.54. The van der Waals surface area contributed by atoms with Gasteiger partial charge < -0.3 is 4.74 Å². The van der Waals surface area contributed by atoms with E-state index in [1.165, 1.54) is 20.7 Å². The number of aryl methyl sites for hydroxylation is 2. The van der Waals surface area contributed by atoms with Crippen molar-refractivity contribution in [1.82, 2.24) is 9.88 Å². The number of nitrogens with zero attached hydrogens (tertiary/aromatic N) is 3. The van der Waals surface area contributed by atoms with Crippen molar-refractivity contribution in [3.63, 3.8) is 0 Å². The molecule has 1 aromatic heterocycles. The lowest BCUT2D eigenvalue weighted by Gasteiger charge is -2.27. The van der Waals surface area contributed by atoms with E-state index in [0.717, 1.165) is 62.1 Å². The smallest absolute Gasteiger partial charge is 0.228 e. The quantitative estimate of drug-likeness (QED) is 0.244. The molecule has 2 heterocycles. The first-order chi connectivity index (χ1) is 16.1. The van der Waals surface area contributed by atoms with Gasteiger partial charge in [-0.05, 0) is 61.8 Å². The number of anilines is 1. The monoisotopic (exact) mass is 519 g/mol. The maximum atomic E-state index is 13.3. The normalized spacial score (nSPS) is 14.2. The Morgan fingerprint density at radius 2 is 1.91 bits per heavy atom. The summed E-state index contributed by atoms with van der Waals surface area (Å²) in [5, 5.41) is 0.835. The summed E-state index contributed by atoms with van der Waals surface area (Å²) in [6, 6.07) is 14.7. The molecule has 34 heavy (non-hydrogen) atoms. The van der Waals surface area contributed by atoms with E-state index in [1.54, 1.807) is 11.3 Å². The van der Waals surface area contributed by atoms with Gasteiger partial charge in [-0.15, -0.1) is 24.2 Å². The summed E-state index contributed by atoms with van der Waals surface area (Å²) in [5.74, 6) is 1.12. The van der Waals surface area contributed by atoms with Crippen LogP contribution in [-0.2, 0) is 9.53 Å². The number of thioether (sulfide) groups is 1. The average molecular weight is 520 g/mol. The van der Waals surface area contributed by atoms with E-state index in [-0.39, 0.29) is 18.3 Å². The summed E-state index contributed by atoms with van der Waals surface area (Å²) in [5.41, 5.74) is 3.44. The van der Waals surface area contributed by atoms with Gasteiger partial charge in [-0.2, -0.15) is 0 Å². The molecule has 5 nitrogen and oxygen atoms in total. The second kappa shape index (κ2) is 13.4. The molecule has 2 aromatic carbocycles. The Kier molecular flexibility index (Phi) is 10.7. The zero-order chi connectivity index (χ0) is 23.0. The van der Waals surface area contributed by atoms with Crippen molar-refractivity contribution in [2.45, 2.75) is 38.0 Å². The number of carbonyl (C=O) groups excluding carboxylic acids is 1. The van der Waals surface area contributed by atoms with E-state index < -0.39 is 0 Å². The molecule has 0 spiro atoms. The summed E-state index contributed by atoms with van der Waals surface area (Å²) in [6.07, 6.45) is 2.35. The zero-order valence-electron chi connectivity index (χ0n) is 20.0. The molecule has 1 fully saturated rings. The molecule has 0 aliphatic carbocycles. The summed E-state index contributed by atoms with van der Waals surface area (Å²) in [4.78, 5) is 23.8. The van der Waals surface area contributed by atoms with Gasteiger partial charge in [-0.25, -0.2) is 4.98 Å². The zero-order valence-corrected chi connectivity index (χ0v) is 22.4. The molecule has 0 saturated carbocycles. The number of benzene rings is 2. The maximum Gasteiger partial charge on any atom is 0.228 e. The lowest BCUT2D eigenvalue weighted by molar-refractivity contribution is -0.118. The van der Waals surface area contributed by atoms with Gasteiger partial charge in [0.15, 0.2) is 5.13 Å². The Balaban J connectivity index is 0.00000324. The Labute approximate surface area is 217 Å². The van der Waals surface area contributed by atoms with E-state index in [2.05, 4.69) is 55.1 Å². The largest absolute Gasteiger partial charge is 0.379 e. The molecule has 4 rings (SSSR count). The molecular weight excluding hydrogens is 486 g/mol. The highest BCUT2D eigenvalue weighted by molar-refractivity contribution is 7.99. The van der Waals surface area contributed by atoms with Gasteiger partial charge in [0, 0.05) is 37.5 Å². The van der Waals surface area contributed by atoms with Crippen LogP contribution in [-0.4, -0.2) is 60.9 Å². The molecule has 0 radical (unpaired) electrons. The number of amides is 1. The number of hydrogen-bond donors (Lipinski definition) is 0. The number of halogens is 1. The van der Waals surface area contributed by atoms with Crippen LogP contribution < -0.4 is 4.90 Å². The molecule has 1 aliphatic rings. The van der Waals surface area contributed by atoms with Gasteiger partial charge in [0.2, 0.25) is 5.91 Å². The Hall–Kier alpha value is -1.64. The van der Waals surface area contributed by atoms with Crippen molar-refractivity contribution < 1.29 is 9.53 Å². The van der Waals surface area contributed by atoms with Gasteiger partial charge in [0.1, 0.15) is 0 Å². The summed E-state index contributed by atoms with van der Waals surface area (Å²) < 4.78 is 6.64. The van der Waals surface area contributed by atoms with Crippen LogP contribution in [0.4, 0.5) is 5.13 Å². The van der Waals surface area contributed by atoms with Crippen molar-refractivity contribution in [1.29, 1.82) is 0 Å². The lowest BCUT2D eigenvalue weighted by Crippen LogP contribution is -2.39. The van der Waals surface area contributed by atoms with E-state index in [9.17, 15) is 4.79 Å². The Morgan fingerprint density at radius 1 is 1.15 bits per heavy atom. The molecule has 0 atom stereocenters. The van der Waals surface area contributed by atoms with E-state index in [4.69, 9.17) is 9.72 Å². The average Bonchev–Trinajstić information content (AvgIpc) is 3.25. The number of morpholine rings is 1. The molecule has 0 N–H and O–H groups in total. The fraction of sp³-hybridized carbons (Fsp3) is 0.462. The number of thiazole rings is 1. The lowest BCUT2D eigenvalue weighted by atomic mass is 10.1. The SMILES string of the molecule is Cc1cc(C)c2sc(N(CCCN3CCOCC3)C(=O)CCCSc3ccccc3)nc2c1.Cl. The molecular formula is C26H34ClN3O2S2. The molecule has 1 amide bonds. The van der Waals surface area contributed by atoms with Crippen LogP contribution >= 0.6 is 35.5 Å². The van der Waals surface area contributed by atoms with Gasteiger partial charge in [0.25, 0.3) is 0 Å². The minimum Gasteiger partial charge on any atom is -0.379 e. The van der Waals surface area contributed by atoms with Crippen LogP contribution in [0.5, 0.6) is 0 Å². The molecule has 0 bridgehead atoms. The summed E-state index contributed by atoms with van der Waals surface area (Å²) >= 11 is 3.46. The van der Waals surface area contributed by atoms with Crippen LogP contribution in [0.2, 0.25) is 0 Å². The second-order valence-corrected chi connectivity index (χ2v) is 10.7. The topological polar surface area (TPSA) is 45.7 Å². The number of fused-ring (bicyclic) bond motifs is 1. The number of carbonyl (C=O) groups is 1. The predicted molar refractivity (Wildman–Crippen MR) is 147 cm³/mol. The minimum absolute atomic E-state index is 0. The number of hydrogen-bond acceptors (Lipinski definition) is 6. The first kappa shape index (κ1) is 27.0. The van der Waals surface area contributed by atoms with Crippen LogP contribution in [0.1, 0.15) is 30.4 Å². The molecule has 1 saturated heterocycles. The third-order valence-electron chi connectivity index (χ3n) is 5.85. The van der Waals surface area contributed by atoms with Crippen molar-refractivity contribution >= 4 is 56.8 Å². The third kappa shape index (κ3) is 7.43. The molecule has 1 aliphatic heterocycles. The van der Waals surface area contributed by atoms with E-state index in [1.807, 2.05) is 22.7 Å². The highest BCUT2D eigenvalue weighted by atomic mass is 35.5. The van der Waals surface area contributed by atoms with Crippen LogP contribution in [0.25, 0.3) is 10.2 Å². The Morgan fingerprint density at radius 3 is 2.68 bits per heavy atom. The summed E-state index contributed by atoms with van der Waals surface area (Å²) in [7, 11) is 0. The fourth-order valence-corrected chi connectivity index (χ4v) is 6.08. The predicted octanol–water partition coefficient (Wildman–Crippen LogP) is 5.96. The van der Waals surface area contributed by atoms with Crippen molar-refractivity contribution in [3.8, 4) is 0 Å². The van der Waals surface area contributed by atoms with Crippen LogP contribution in [0.15, 0.2) is 47.4 Å². The first-order valence-corrected chi connectivity index (χ1v) is 13.6. The van der Waals surface area contributed by atoms with Gasteiger partial charge in [0.05, 0.1) is 23.4 Å².